The molecule has 0 spiro atoms. The van der Waals surface area contributed by atoms with Gasteiger partial charge in [-0.3, -0.25) is 4.98 Å². The van der Waals surface area contributed by atoms with E-state index in [1.165, 1.54) is 12.1 Å². The van der Waals surface area contributed by atoms with E-state index in [1.807, 2.05) is 26.0 Å². The molecule has 0 saturated carbocycles. The molecule has 0 aliphatic carbocycles. The summed E-state index contributed by atoms with van der Waals surface area (Å²) in [4.78, 5) is 3.96. The van der Waals surface area contributed by atoms with Crippen LogP contribution in [-0.2, 0) is 0 Å². The molecule has 0 saturated heterocycles. The average molecular weight is 262 g/mol. The van der Waals surface area contributed by atoms with Crippen LogP contribution in [0.4, 0.5) is 8.78 Å². The van der Waals surface area contributed by atoms with E-state index in [0.717, 1.165) is 11.6 Å². The topological polar surface area (TPSA) is 24.9 Å². The van der Waals surface area contributed by atoms with E-state index >= 15 is 0 Å². The summed E-state index contributed by atoms with van der Waals surface area (Å²) in [5, 5.41) is 3.31. The molecule has 4 heteroatoms. The van der Waals surface area contributed by atoms with Gasteiger partial charge in [0, 0.05) is 30.5 Å². The Labute approximate surface area is 111 Å². The zero-order chi connectivity index (χ0) is 13.8. The Bertz CT molecular complexity index is 523. The highest BCUT2D eigenvalue weighted by Gasteiger charge is 2.12. The van der Waals surface area contributed by atoms with Crippen molar-refractivity contribution in [3.63, 3.8) is 0 Å². The smallest absolute Gasteiger partial charge is 0.126 e. The van der Waals surface area contributed by atoms with E-state index in [1.54, 1.807) is 12.4 Å². The summed E-state index contributed by atoms with van der Waals surface area (Å²) in [7, 11) is 0. The molecule has 0 aliphatic heterocycles. The molecule has 0 amide bonds. The van der Waals surface area contributed by atoms with E-state index < -0.39 is 11.6 Å². The molecule has 0 bridgehead atoms. The molecular formula is C15H16F2N2. The highest BCUT2D eigenvalue weighted by molar-refractivity contribution is 5.22. The third-order valence-electron chi connectivity index (χ3n) is 3.09. The number of hydrogen-bond acceptors (Lipinski definition) is 2. The summed E-state index contributed by atoms with van der Waals surface area (Å²) in [5.74, 6) is -1.11. The van der Waals surface area contributed by atoms with Crippen molar-refractivity contribution in [1.82, 2.24) is 10.3 Å². The van der Waals surface area contributed by atoms with E-state index in [4.69, 9.17) is 0 Å². The molecule has 1 unspecified atom stereocenters. The maximum atomic E-state index is 13.2. The van der Waals surface area contributed by atoms with Crippen molar-refractivity contribution in [2.24, 2.45) is 0 Å². The lowest BCUT2D eigenvalue weighted by Gasteiger charge is -2.20. The Morgan fingerprint density at radius 2 is 1.42 bits per heavy atom. The normalized spacial score (nSPS) is 14.1. The minimum atomic E-state index is -0.555. The van der Waals surface area contributed by atoms with Gasteiger partial charge in [0.1, 0.15) is 11.6 Å². The Balaban J connectivity index is 2.10. The second-order valence-corrected chi connectivity index (χ2v) is 4.59. The number of hydrogen-bond donors (Lipinski definition) is 1. The predicted molar refractivity (Wildman–Crippen MR) is 70.6 cm³/mol. The fourth-order valence-electron chi connectivity index (χ4n) is 2.04. The van der Waals surface area contributed by atoms with Crippen LogP contribution >= 0.6 is 0 Å². The van der Waals surface area contributed by atoms with Crippen molar-refractivity contribution in [2.45, 2.75) is 25.9 Å². The van der Waals surface area contributed by atoms with Crippen LogP contribution in [0.15, 0.2) is 42.7 Å². The van der Waals surface area contributed by atoms with Gasteiger partial charge in [-0.25, -0.2) is 8.78 Å². The van der Waals surface area contributed by atoms with Gasteiger partial charge in [-0.2, -0.15) is 0 Å². The van der Waals surface area contributed by atoms with Gasteiger partial charge in [0.15, 0.2) is 0 Å². The molecule has 1 N–H and O–H groups in total. The molecule has 0 fully saturated rings. The van der Waals surface area contributed by atoms with Gasteiger partial charge in [-0.1, -0.05) is 0 Å². The quantitative estimate of drug-likeness (QED) is 0.907. The summed E-state index contributed by atoms with van der Waals surface area (Å²) in [5.41, 5.74) is 1.68. The van der Waals surface area contributed by atoms with Gasteiger partial charge < -0.3 is 5.32 Å². The number of rotatable bonds is 4. The van der Waals surface area contributed by atoms with Crippen molar-refractivity contribution >= 4 is 0 Å². The van der Waals surface area contributed by atoms with Crippen LogP contribution in [0.5, 0.6) is 0 Å². The van der Waals surface area contributed by atoms with Gasteiger partial charge in [0.05, 0.1) is 0 Å². The number of halogens is 2. The Kier molecular flexibility index (Phi) is 4.22. The van der Waals surface area contributed by atoms with Crippen LogP contribution in [0.25, 0.3) is 0 Å². The second-order valence-electron chi connectivity index (χ2n) is 4.59. The Hall–Kier alpha value is -1.81. The maximum Gasteiger partial charge on any atom is 0.126 e. The number of nitrogens with one attached hydrogen (secondary N) is 1. The molecule has 0 aliphatic rings. The van der Waals surface area contributed by atoms with Crippen molar-refractivity contribution < 1.29 is 8.78 Å². The predicted octanol–water partition coefficient (Wildman–Crippen LogP) is 3.77. The maximum absolute atomic E-state index is 13.2. The van der Waals surface area contributed by atoms with Gasteiger partial charge in [-0.15, -0.1) is 0 Å². The molecular weight excluding hydrogens is 246 g/mol. The number of nitrogens with zero attached hydrogens (tertiary/aromatic N) is 1. The zero-order valence-electron chi connectivity index (χ0n) is 10.9. The lowest BCUT2D eigenvalue weighted by Crippen LogP contribution is -2.22. The van der Waals surface area contributed by atoms with Gasteiger partial charge >= 0.3 is 0 Å². The fourth-order valence-corrected chi connectivity index (χ4v) is 2.04. The van der Waals surface area contributed by atoms with Crippen molar-refractivity contribution in [1.29, 1.82) is 0 Å². The second kappa shape index (κ2) is 5.89. The average Bonchev–Trinajstić information content (AvgIpc) is 2.38. The fraction of sp³-hybridized carbons (Fsp3) is 0.267. The summed E-state index contributed by atoms with van der Waals surface area (Å²) in [6.07, 6.45) is 3.44. The molecule has 19 heavy (non-hydrogen) atoms. The number of pyridine rings is 1. The first kappa shape index (κ1) is 13.6. The lowest BCUT2D eigenvalue weighted by atomic mass is 10.0. The van der Waals surface area contributed by atoms with E-state index in [-0.39, 0.29) is 12.1 Å². The van der Waals surface area contributed by atoms with E-state index in [9.17, 15) is 8.78 Å². The molecule has 2 atom stereocenters. The number of aromatic nitrogens is 1. The zero-order valence-corrected chi connectivity index (χ0v) is 10.9. The molecule has 2 nitrogen and oxygen atoms in total. The third-order valence-corrected chi connectivity index (χ3v) is 3.09. The molecule has 1 aromatic carbocycles. The van der Waals surface area contributed by atoms with Crippen LogP contribution in [0, 0.1) is 11.6 Å². The highest BCUT2D eigenvalue weighted by Crippen LogP contribution is 2.20. The van der Waals surface area contributed by atoms with Gasteiger partial charge in [-0.05, 0) is 49.2 Å². The highest BCUT2D eigenvalue weighted by atomic mass is 19.1. The standard InChI is InChI=1S/C15H16F2N2/c1-10(12-3-5-18-6-4-12)19-11(2)13-7-14(16)9-15(17)8-13/h3-11,19H,1-2H3/t10-,11?/m0/s1. The number of benzene rings is 1. The molecule has 2 rings (SSSR count). The van der Waals surface area contributed by atoms with Crippen LogP contribution in [-0.4, -0.2) is 4.98 Å². The van der Waals surface area contributed by atoms with Gasteiger partial charge in [0.2, 0.25) is 0 Å². The van der Waals surface area contributed by atoms with E-state index in [2.05, 4.69) is 10.3 Å². The van der Waals surface area contributed by atoms with Gasteiger partial charge in [0.25, 0.3) is 0 Å². The Morgan fingerprint density at radius 1 is 0.895 bits per heavy atom. The molecule has 1 aromatic heterocycles. The van der Waals surface area contributed by atoms with Crippen LogP contribution < -0.4 is 5.32 Å². The first-order chi connectivity index (χ1) is 9.06. The molecule has 1 heterocycles. The minimum absolute atomic E-state index is 0.0735. The monoisotopic (exact) mass is 262 g/mol. The molecule has 0 radical (unpaired) electrons. The summed E-state index contributed by atoms with van der Waals surface area (Å²) >= 11 is 0. The SMILES string of the molecule is CC(N[C@@H](C)c1ccncc1)c1cc(F)cc(F)c1. The largest absolute Gasteiger partial charge is 0.304 e. The first-order valence-electron chi connectivity index (χ1n) is 6.18. The van der Waals surface area contributed by atoms with Crippen molar-refractivity contribution in [2.75, 3.05) is 0 Å². The third kappa shape index (κ3) is 3.58. The first-order valence-corrected chi connectivity index (χ1v) is 6.18. The Morgan fingerprint density at radius 3 is 2.00 bits per heavy atom. The van der Waals surface area contributed by atoms with Crippen LogP contribution in [0.3, 0.4) is 0 Å². The summed E-state index contributed by atoms with van der Waals surface area (Å²) < 4.78 is 26.3. The molecule has 2 aromatic rings. The lowest BCUT2D eigenvalue weighted by molar-refractivity contribution is 0.487. The van der Waals surface area contributed by atoms with E-state index in [0.29, 0.717) is 5.56 Å². The van der Waals surface area contributed by atoms with Crippen LogP contribution in [0.2, 0.25) is 0 Å². The molecule has 100 valence electrons. The summed E-state index contributed by atoms with van der Waals surface area (Å²) in [6.45, 7) is 3.88. The van der Waals surface area contributed by atoms with Crippen LogP contribution in [0.1, 0.15) is 37.1 Å². The van der Waals surface area contributed by atoms with Crippen molar-refractivity contribution in [3.8, 4) is 0 Å². The van der Waals surface area contributed by atoms with Crippen molar-refractivity contribution in [3.05, 3.63) is 65.5 Å². The minimum Gasteiger partial charge on any atom is -0.304 e. The summed E-state index contributed by atoms with van der Waals surface area (Å²) in [6, 6.07) is 7.33.